The third-order valence-electron chi connectivity index (χ3n) is 3.44. The van der Waals surface area contributed by atoms with E-state index in [1.54, 1.807) is 38.1 Å². The molecule has 1 aromatic carbocycles. The van der Waals surface area contributed by atoms with E-state index in [1.807, 2.05) is 0 Å². The molecule has 0 saturated carbocycles. The highest BCUT2D eigenvalue weighted by Gasteiger charge is 2.24. The molecule has 1 heterocycles. The topological polar surface area (TPSA) is 121 Å². The van der Waals surface area contributed by atoms with Crippen molar-refractivity contribution < 1.29 is 23.3 Å². The maximum absolute atomic E-state index is 12.5. The maximum atomic E-state index is 12.5. The first-order chi connectivity index (χ1) is 12.9. The van der Waals surface area contributed by atoms with Crippen LogP contribution in [0.5, 0.6) is 0 Å². The predicted octanol–water partition coefficient (Wildman–Crippen LogP) is 4.01. The van der Waals surface area contributed by atoms with Gasteiger partial charge in [-0.2, -0.15) is 0 Å². The quantitative estimate of drug-likeness (QED) is 0.388. The lowest BCUT2D eigenvalue weighted by molar-refractivity contribution is -0.385. The third kappa shape index (κ3) is 5.96. The lowest BCUT2D eigenvalue weighted by atomic mass is 10.1. The number of rotatable bonds is 9. The summed E-state index contributed by atoms with van der Waals surface area (Å²) in [4.78, 5) is 26.1. The van der Waals surface area contributed by atoms with Gasteiger partial charge in [-0.1, -0.05) is 12.1 Å². The molecule has 144 valence electrons. The van der Waals surface area contributed by atoms with Gasteiger partial charge in [0.05, 0.1) is 24.3 Å². The third-order valence-corrected chi connectivity index (χ3v) is 5.50. The van der Waals surface area contributed by atoms with Crippen molar-refractivity contribution in [3.8, 4) is 0 Å². The van der Waals surface area contributed by atoms with Crippen molar-refractivity contribution in [2.45, 2.75) is 20.0 Å². The number of hydrogen-bond donors (Lipinski definition) is 1. The van der Waals surface area contributed by atoms with E-state index in [2.05, 4.69) is 10.3 Å². The van der Waals surface area contributed by atoms with Crippen LogP contribution < -0.4 is 5.32 Å². The van der Waals surface area contributed by atoms with Crippen molar-refractivity contribution in [1.29, 1.82) is 0 Å². The molecule has 1 amide bonds. The average molecular weight is 393 g/mol. The molecule has 0 saturated heterocycles. The Morgan fingerprint density at radius 3 is 2.26 bits per heavy atom. The second-order valence-electron chi connectivity index (χ2n) is 5.41. The van der Waals surface area contributed by atoms with Gasteiger partial charge in [-0.05, 0) is 37.6 Å². The smallest absolute Gasteiger partial charge is 0.309 e. The van der Waals surface area contributed by atoms with E-state index in [1.165, 1.54) is 12.1 Å². The molecule has 0 aliphatic heterocycles. The van der Waals surface area contributed by atoms with Crippen LogP contribution in [0, 0.1) is 10.1 Å². The van der Waals surface area contributed by atoms with Gasteiger partial charge in [0.1, 0.15) is 12.0 Å². The fourth-order valence-electron chi connectivity index (χ4n) is 2.26. The zero-order valence-corrected chi connectivity index (χ0v) is 15.8. The number of nitrogens with one attached hydrogen (secondary N) is 1. The van der Waals surface area contributed by atoms with E-state index < -0.39 is 18.4 Å². The molecule has 0 bridgehead atoms. The fourth-order valence-corrected chi connectivity index (χ4v) is 3.97. The van der Waals surface area contributed by atoms with E-state index in [0.717, 1.165) is 6.20 Å². The normalized spacial score (nSPS) is 11.2. The first kappa shape index (κ1) is 20.7. The summed E-state index contributed by atoms with van der Waals surface area (Å²) in [6.45, 7) is 4.04. The van der Waals surface area contributed by atoms with Crippen molar-refractivity contribution in [3.63, 3.8) is 0 Å². The molecule has 0 aliphatic rings. The molecule has 0 spiro atoms. The van der Waals surface area contributed by atoms with Crippen molar-refractivity contribution in [2.24, 2.45) is 0 Å². The highest BCUT2D eigenvalue weighted by Crippen LogP contribution is 2.51. The van der Waals surface area contributed by atoms with Crippen LogP contribution >= 0.6 is 7.60 Å². The molecule has 0 radical (unpaired) electrons. The number of nitrogens with zero attached hydrogens (tertiary/aromatic N) is 2. The summed E-state index contributed by atoms with van der Waals surface area (Å²) in [5.74, 6) is -0.215. The van der Waals surface area contributed by atoms with Gasteiger partial charge in [-0.25, -0.2) is 4.98 Å². The summed E-state index contributed by atoms with van der Waals surface area (Å²) in [5, 5.41) is 13.2. The van der Waals surface area contributed by atoms with E-state index >= 15 is 0 Å². The highest BCUT2D eigenvalue weighted by atomic mass is 31.2. The molecular weight excluding hydrogens is 373 g/mol. The lowest BCUT2D eigenvalue weighted by Crippen LogP contribution is -2.13. The van der Waals surface area contributed by atoms with Crippen LogP contribution in [0.2, 0.25) is 0 Å². The number of carbonyl (C=O) groups is 1. The zero-order chi connectivity index (χ0) is 19.9. The standard InChI is InChI=1S/C17H20N3O6P/c1-3-25-27(24,26-4-2)12-13-5-7-14(8-6-13)17(21)19-16-10-9-15(11-18-16)20(22)23/h5-11H,3-4,12H2,1-2H3,(H,18,19,21). The summed E-state index contributed by atoms with van der Waals surface area (Å²) >= 11 is 0. The van der Waals surface area contributed by atoms with Gasteiger partial charge in [0, 0.05) is 11.6 Å². The SMILES string of the molecule is CCOP(=O)(Cc1ccc(C(=O)Nc2ccc([N+](=O)[O-])cn2)cc1)OCC. The summed E-state index contributed by atoms with van der Waals surface area (Å²) in [7, 11) is -3.21. The molecule has 1 N–H and O–H groups in total. The molecule has 0 atom stereocenters. The van der Waals surface area contributed by atoms with Gasteiger partial charge in [0.2, 0.25) is 0 Å². The van der Waals surface area contributed by atoms with Gasteiger partial charge in [-0.3, -0.25) is 19.5 Å². The maximum Gasteiger partial charge on any atom is 0.335 e. The van der Waals surface area contributed by atoms with E-state index in [4.69, 9.17) is 9.05 Å². The Balaban J connectivity index is 2.04. The largest absolute Gasteiger partial charge is 0.335 e. The molecule has 9 nitrogen and oxygen atoms in total. The van der Waals surface area contributed by atoms with Gasteiger partial charge in [-0.15, -0.1) is 0 Å². The second kappa shape index (κ2) is 9.36. The number of benzene rings is 1. The Kier molecular flexibility index (Phi) is 7.18. The molecule has 27 heavy (non-hydrogen) atoms. The highest BCUT2D eigenvalue weighted by molar-refractivity contribution is 7.53. The molecule has 2 aromatic rings. The molecule has 1 aromatic heterocycles. The number of aromatic nitrogens is 1. The van der Waals surface area contributed by atoms with Crippen LogP contribution in [0.3, 0.4) is 0 Å². The lowest BCUT2D eigenvalue weighted by Gasteiger charge is -2.17. The van der Waals surface area contributed by atoms with Crippen LogP contribution in [0.15, 0.2) is 42.6 Å². The summed E-state index contributed by atoms with van der Waals surface area (Å²) < 4.78 is 23.0. The minimum absolute atomic E-state index is 0.112. The predicted molar refractivity (Wildman–Crippen MR) is 99.8 cm³/mol. The van der Waals surface area contributed by atoms with E-state index in [9.17, 15) is 19.5 Å². The van der Waals surface area contributed by atoms with Crippen LogP contribution in [-0.2, 0) is 19.8 Å². The summed E-state index contributed by atoms with van der Waals surface area (Å²) in [5.41, 5.74) is 0.914. The number of anilines is 1. The fraction of sp³-hybridized carbons (Fsp3) is 0.294. The minimum atomic E-state index is -3.21. The molecular formula is C17H20N3O6P. The Bertz CT molecular complexity index is 829. The average Bonchev–Trinajstić information content (AvgIpc) is 2.63. The van der Waals surface area contributed by atoms with Crippen molar-refractivity contribution >= 4 is 25.0 Å². The molecule has 0 aliphatic carbocycles. The van der Waals surface area contributed by atoms with Crippen LogP contribution in [-0.4, -0.2) is 29.0 Å². The van der Waals surface area contributed by atoms with E-state index in [-0.39, 0.29) is 30.9 Å². The van der Waals surface area contributed by atoms with Gasteiger partial charge < -0.3 is 14.4 Å². The van der Waals surface area contributed by atoms with Crippen molar-refractivity contribution in [1.82, 2.24) is 4.98 Å². The van der Waals surface area contributed by atoms with E-state index in [0.29, 0.717) is 11.1 Å². The number of amides is 1. The first-order valence-electron chi connectivity index (χ1n) is 8.25. The zero-order valence-electron chi connectivity index (χ0n) is 15.0. The molecule has 10 heteroatoms. The van der Waals surface area contributed by atoms with Crippen molar-refractivity contribution in [2.75, 3.05) is 18.5 Å². The molecule has 0 unspecified atom stereocenters. The number of hydrogen-bond acceptors (Lipinski definition) is 7. The van der Waals surface area contributed by atoms with Gasteiger partial charge >= 0.3 is 7.60 Å². The molecule has 0 fully saturated rings. The Morgan fingerprint density at radius 1 is 1.15 bits per heavy atom. The summed E-state index contributed by atoms with van der Waals surface area (Å²) in [6.07, 6.45) is 1.18. The number of pyridine rings is 1. The van der Waals surface area contributed by atoms with Crippen LogP contribution in [0.25, 0.3) is 0 Å². The van der Waals surface area contributed by atoms with Gasteiger partial charge in [0.25, 0.3) is 11.6 Å². The summed E-state index contributed by atoms with van der Waals surface area (Å²) in [6, 6.07) is 9.11. The van der Waals surface area contributed by atoms with Gasteiger partial charge in [0.15, 0.2) is 0 Å². The van der Waals surface area contributed by atoms with Crippen molar-refractivity contribution in [3.05, 3.63) is 63.8 Å². The Hall–Kier alpha value is -2.61. The van der Waals surface area contributed by atoms with Crippen LogP contribution in [0.4, 0.5) is 11.5 Å². The number of carbonyl (C=O) groups excluding carboxylic acids is 1. The second-order valence-corrected chi connectivity index (χ2v) is 7.47. The Labute approximate surface area is 156 Å². The Morgan fingerprint density at radius 2 is 1.78 bits per heavy atom. The monoisotopic (exact) mass is 393 g/mol. The minimum Gasteiger partial charge on any atom is -0.309 e. The first-order valence-corrected chi connectivity index (χ1v) is 9.98. The molecule has 2 rings (SSSR count). The number of nitro groups is 1. The van der Waals surface area contributed by atoms with Crippen LogP contribution in [0.1, 0.15) is 29.8 Å².